The van der Waals surface area contributed by atoms with Crippen LogP contribution in [-0.2, 0) is 6.18 Å². The molecular weight excluding hydrogens is 552 g/mol. The topological polar surface area (TPSA) is 114 Å². The van der Waals surface area contributed by atoms with Crippen LogP contribution in [0.15, 0.2) is 24.5 Å². The summed E-state index contributed by atoms with van der Waals surface area (Å²) in [7, 11) is 0. The van der Waals surface area contributed by atoms with E-state index in [1.807, 2.05) is 0 Å². The van der Waals surface area contributed by atoms with Crippen LogP contribution in [0, 0.1) is 5.82 Å². The van der Waals surface area contributed by atoms with E-state index in [0.717, 1.165) is 69.9 Å². The summed E-state index contributed by atoms with van der Waals surface area (Å²) in [5, 5.41) is 6.82. The minimum absolute atomic E-state index is 0.176. The van der Waals surface area contributed by atoms with Crippen LogP contribution >= 0.6 is 0 Å². The maximum absolute atomic E-state index is 14.9. The lowest BCUT2D eigenvalue weighted by atomic mass is 9.92. The highest BCUT2D eigenvalue weighted by molar-refractivity contribution is 5.95. The number of benzene rings is 1. The SMILES string of the molecule is NC1CCC(Nc2nc(NC3CCCCN3C(=O)c3cccc(C(F)(F)F)c3F)c3ncn(C4CCCC4)c3n2)CC1. The highest BCUT2D eigenvalue weighted by Crippen LogP contribution is 2.35. The van der Waals surface area contributed by atoms with Crippen LogP contribution < -0.4 is 16.4 Å². The number of hydrogen-bond donors (Lipinski definition) is 3. The van der Waals surface area contributed by atoms with Crippen molar-refractivity contribution in [3.63, 3.8) is 0 Å². The van der Waals surface area contributed by atoms with E-state index in [9.17, 15) is 22.4 Å². The van der Waals surface area contributed by atoms with Gasteiger partial charge in [-0.05, 0) is 69.9 Å². The van der Waals surface area contributed by atoms with Crippen molar-refractivity contribution in [1.82, 2.24) is 24.4 Å². The largest absolute Gasteiger partial charge is 0.419 e. The number of likely N-dealkylation sites (tertiary alicyclic amines) is 1. The molecule has 2 saturated carbocycles. The number of amides is 1. The molecule has 4 N–H and O–H groups in total. The maximum Gasteiger partial charge on any atom is 0.419 e. The van der Waals surface area contributed by atoms with Gasteiger partial charge in [-0.2, -0.15) is 23.1 Å². The molecule has 3 heterocycles. The number of carbonyl (C=O) groups is 1. The lowest BCUT2D eigenvalue weighted by Gasteiger charge is -2.36. The number of halogens is 4. The molecule has 9 nitrogen and oxygen atoms in total. The molecule has 0 radical (unpaired) electrons. The predicted molar refractivity (Wildman–Crippen MR) is 150 cm³/mol. The van der Waals surface area contributed by atoms with Gasteiger partial charge in [0.25, 0.3) is 5.91 Å². The minimum Gasteiger partial charge on any atom is -0.351 e. The van der Waals surface area contributed by atoms with Crippen molar-refractivity contribution in [3.05, 3.63) is 41.5 Å². The predicted octanol–water partition coefficient (Wildman–Crippen LogP) is 5.85. The van der Waals surface area contributed by atoms with Gasteiger partial charge in [0, 0.05) is 24.7 Å². The van der Waals surface area contributed by atoms with E-state index in [4.69, 9.17) is 15.7 Å². The molecular formula is C29H36F4N8O. The third-order valence-corrected chi connectivity index (χ3v) is 8.85. The zero-order chi connectivity index (χ0) is 29.4. The van der Waals surface area contributed by atoms with Crippen LogP contribution in [0.4, 0.5) is 29.3 Å². The number of fused-ring (bicyclic) bond motifs is 1. The number of nitrogens with one attached hydrogen (secondary N) is 2. The van der Waals surface area contributed by atoms with Crippen molar-refractivity contribution in [2.45, 2.75) is 101 Å². The van der Waals surface area contributed by atoms with Gasteiger partial charge in [-0.1, -0.05) is 18.9 Å². The summed E-state index contributed by atoms with van der Waals surface area (Å²) in [6.07, 6.45) is 6.20. The van der Waals surface area contributed by atoms with E-state index < -0.39 is 35.2 Å². The smallest absolute Gasteiger partial charge is 0.351 e. The van der Waals surface area contributed by atoms with E-state index in [2.05, 4.69) is 20.2 Å². The Morgan fingerprint density at radius 3 is 2.43 bits per heavy atom. The monoisotopic (exact) mass is 588 g/mol. The summed E-state index contributed by atoms with van der Waals surface area (Å²) < 4.78 is 57.2. The first-order valence-electron chi connectivity index (χ1n) is 14.9. The van der Waals surface area contributed by atoms with Gasteiger partial charge in [0.1, 0.15) is 12.0 Å². The third kappa shape index (κ3) is 5.75. The fourth-order valence-corrected chi connectivity index (χ4v) is 6.53. The number of alkyl halides is 3. The van der Waals surface area contributed by atoms with Crippen molar-refractivity contribution in [1.29, 1.82) is 0 Å². The van der Waals surface area contributed by atoms with Gasteiger partial charge in [0.05, 0.1) is 17.5 Å². The van der Waals surface area contributed by atoms with E-state index in [1.54, 1.807) is 6.33 Å². The van der Waals surface area contributed by atoms with Crippen LogP contribution in [0.5, 0.6) is 0 Å². The molecule has 2 aliphatic carbocycles. The number of nitrogens with two attached hydrogens (primary N) is 1. The molecule has 226 valence electrons. The Labute approximate surface area is 241 Å². The number of imidazole rings is 1. The summed E-state index contributed by atoms with van der Waals surface area (Å²) >= 11 is 0. The highest BCUT2D eigenvalue weighted by atomic mass is 19.4. The van der Waals surface area contributed by atoms with Gasteiger partial charge >= 0.3 is 6.18 Å². The normalized spacial score (nSPS) is 23.8. The van der Waals surface area contributed by atoms with Gasteiger partial charge in [-0.15, -0.1) is 0 Å². The Morgan fingerprint density at radius 1 is 0.952 bits per heavy atom. The van der Waals surface area contributed by atoms with E-state index in [0.29, 0.717) is 41.8 Å². The summed E-state index contributed by atoms with van der Waals surface area (Å²) in [4.78, 5) is 29.2. The first kappa shape index (κ1) is 28.6. The summed E-state index contributed by atoms with van der Waals surface area (Å²) in [6.45, 7) is 0.268. The first-order chi connectivity index (χ1) is 20.2. The van der Waals surface area contributed by atoms with Crippen molar-refractivity contribution >= 4 is 28.8 Å². The molecule has 1 saturated heterocycles. The highest BCUT2D eigenvalue weighted by Gasteiger charge is 2.38. The molecule has 1 amide bonds. The van der Waals surface area contributed by atoms with Crippen molar-refractivity contribution in [2.75, 3.05) is 17.2 Å². The Morgan fingerprint density at radius 2 is 1.69 bits per heavy atom. The fourth-order valence-electron chi connectivity index (χ4n) is 6.53. The Bertz CT molecular complexity index is 1430. The average Bonchev–Trinajstić information content (AvgIpc) is 3.64. The lowest BCUT2D eigenvalue weighted by Crippen LogP contribution is -2.48. The van der Waals surface area contributed by atoms with Gasteiger partial charge < -0.3 is 25.8 Å². The Hall–Kier alpha value is -3.48. The van der Waals surface area contributed by atoms with E-state index >= 15 is 0 Å². The van der Waals surface area contributed by atoms with Crippen molar-refractivity contribution in [3.8, 4) is 0 Å². The van der Waals surface area contributed by atoms with Crippen LogP contribution in [0.2, 0.25) is 0 Å². The standard InChI is InChI=1S/C29H36F4N8O/c30-23-20(8-5-9-21(23)29(31,32)33)27(42)40-15-4-3-10-22(40)37-25-24-26(41(16-35-24)19-6-1-2-7-19)39-28(38-25)36-18-13-11-17(34)12-14-18/h5,8-9,16-19,22H,1-4,6-7,10-15,34H2,(H2,36,37,38,39). The van der Waals surface area contributed by atoms with Gasteiger partial charge in [0.2, 0.25) is 5.95 Å². The summed E-state index contributed by atoms with van der Waals surface area (Å²) in [5.74, 6) is -1.48. The van der Waals surface area contributed by atoms with E-state index in [1.165, 1.54) is 4.90 Å². The Kier molecular flexibility index (Phi) is 7.95. The second-order valence-electron chi connectivity index (χ2n) is 11.7. The van der Waals surface area contributed by atoms with Crippen molar-refractivity contribution in [2.24, 2.45) is 5.73 Å². The Balaban J connectivity index is 1.32. The molecule has 42 heavy (non-hydrogen) atoms. The molecule has 1 aliphatic heterocycles. The summed E-state index contributed by atoms with van der Waals surface area (Å²) in [6, 6.07) is 3.47. The first-order valence-corrected chi connectivity index (χ1v) is 14.9. The van der Waals surface area contributed by atoms with Gasteiger partial charge in [-0.25, -0.2) is 9.37 Å². The molecule has 3 aromatic rings. The zero-order valence-corrected chi connectivity index (χ0v) is 23.3. The molecule has 2 aromatic heterocycles. The number of anilines is 2. The number of rotatable bonds is 6. The summed E-state index contributed by atoms with van der Waals surface area (Å²) in [5.41, 5.74) is 5.28. The number of piperidine rings is 1. The van der Waals surface area contributed by atoms with Crippen molar-refractivity contribution < 1.29 is 22.4 Å². The number of aromatic nitrogens is 4. The molecule has 1 unspecified atom stereocenters. The van der Waals surface area contributed by atoms with Gasteiger partial charge in [-0.3, -0.25) is 4.79 Å². The van der Waals surface area contributed by atoms with Crippen LogP contribution in [-0.4, -0.2) is 55.1 Å². The third-order valence-electron chi connectivity index (χ3n) is 8.85. The zero-order valence-electron chi connectivity index (χ0n) is 23.3. The molecule has 6 rings (SSSR count). The quantitative estimate of drug-likeness (QED) is 0.310. The average molecular weight is 589 g/mol. The maximum atomic E-state index is 14.9. The van der Waals surface area contributed by atoms with Crippen LogP contribution in [0.3, 0.4) is 0 Å². The molecule has 1 atom stereocenters. The van der Waals surface area contributed by atoms with Crippen LogP contribution in [0.1, 0.15) is 92.6 Å². The molecule has 1 aromatic carbocycles. The lowest BCUT2D eigenvalue weighted by molar-refractivity contribution is -0.140. The molecule has 0 spiro atoms. The second-order valence-corrected chi connectivity index (χ2v) is 11.7. The number of nitrogens with zero attached hydrogens (tertiary/aromatic N) is 5. The molecule has 0 bridgehead atoms. The molecule has 3 fully saturated rings. The fraction of sp³-hybridized carbons (Fsp3) is 0.586. The van der Waals surface area contributed by atoms with Gasteiger partial charge in [0.15, 0.2) is 17.0 Å². The number of carbonyl (C=O) groups excluding carboxylic acids is 1. The van der Waals surface area contributed by atoms with Crippen LogP contribution in [0.25, 0.3) is 11.2 Å². The molecule has 3 aliphatic rings. The number of hydrogen-bond acceptors (Lipinski definition) is 7. The second kappa shape index (κ2) is 11.7. The molecule has 13 heteroatoms. The minimum atomic E-state index is -4.91. The van der Waals surface area contributed by atoms with E-state index in [-0.39, 0.29) is 24.7 Å².